The summed E-state index contributed by atoms with van der Waals surface area (Å²) in [5, 5.41) is 11.2. The molecule has 0 aliphatic heterocycles. The van der Waals surface area contributed by atoms with Crippen LogP contribution < -0.4 is 5.32 Å². The third-order valence-electron chi connectivity index (χ3n) is 1.92. The van der Waals surface area contributed by atoms with Gasteiger partial charge in [-0.1, -0.05) is 22.9 Å². The maximum atomic E-state index is 13.4. The van der Waals surface area contributed by atoms with Gasteiger partial charge in [-0.25, -0.2) is 4.39 Å². The van der Waals surface area contributed by atoms with Gasteiger partial charge < -0.3 is 0 Å². The van der Waals surface area contributed by atoms with Crippen molar-refractivity contribution in [2.45, 2.75) is 6.92 Å². The first-order chi connectivity index (χ1) is 8.06. The number of carbonyl (C=O) groups excluding carboxylic acids is 1. The van der Waals surface area contributed by atoms with E-state index in [1.165, 1.54) is 23.5 Å². The summed E-state index contributed by atoms with van der Waals surface area (Å²) in [6.45, 7) is 1.76. The highest BCUT2D eigenvalue weighted by atomic mass is 35.5. The molecule has 7 heteroatoms. The van der Waals surface area contributed by atoms with E-state index in [1.54, 1.807) is 6.92 Å². The largest absolute Gasteiger partial charge is 0.296 e. The Bertz CT molecular complexity index is 572. The fourth-order valence-corrected chi connectivity index (χ4v) is 1.94. The van der Waals surface area contributed by atoms with Crippen molar-refractivity contribution < 1.29 is 9.18 Å². The number of rotatable bonds is 2. The number of amides is 1. The van der Waals surface area contributed by atoms with Crippen molar-refractivity contribution in [1.29, 1.82) is 0 Å². The first-order valence-corrected chi connectivity index (χ1v) is 5.82. The fourth-order valence-electron chi connectivity index (χ4n) is 1.18. The predicted octanol–water partition coefficient (Wildman–Crippen LogP) is 2.89. The first kappa shape index (κ1) is 11.9. The van der Waals surface area contributed by atoms with Crippen LogP contribution in [0.3, 0.4) is 0 Å². The smallest absolute Gasteiger partial charge is 0.260 e. The van der Waals surface area contributed by atoms with E-state index in [2.05, 4.69) is 15.5 Å². The van der Waals surface area contributed by atoms with Gasteiger partial charge in [0, 0.05) is 5.02 Å². The van der Waals surface area contributed by atoms with Crippen molar-refractivity contribution in [1.82, 2.24) is 10.2 Å². The van der Waals surface area contributed by atoms with Crippen LogP contribution >= 0.6 is 22.9 Å². The van der Waals surface area contributed by atoms with E-state index >= 15 is 0 Å². The Kier molecular flexibility index (Phi) is 3.35. The highest BCUT2D eigenvalue weighted by Gasteiger charge is 2.14. The summed E-state index contributed by atoms with van der Waals surface area (Å²) in [5.74, 6) is -1.23. The van der Waals surface area contributed by atoms with Crippen LogP contribution in [0.15, 0.2) is 18.2 Å². The van der Waals surface area contributed by atoms with Gasteiger partial charge in [0.15, 0.2) is 0 Å². The van der Waals surface area contributed by atoms with Crippen LogP contribution in [0.5, 0.6) is 0 Å². The molecule has 0 aliphatic rings. The minimum absolute atomic E-state index is 0.120. The summed E-state index contributed by atoms with van der Waals surface area (Å²) in [5.41, 5.74) is -0.120. The van der Waals surface area contributed by atoms with Crippen LogP contribution in [0, 0.1) is 12.7 Å². The van der Waals surface area contributed by atoms with E-state index in [0.29, 0.717) is 15.2 Å². The average Bonchev–Trinajstić information content (AvgIpc) is 2.67. The molecule has 1 N–H and O–H groups in total. The lowest BCUT2D eigenvalue weighted by molar-refractivity contribution is 0.102. The normalized spacial score (nSPS) is 10.3. The van der Waals surface area contributed by atoms with Crippen molar-refractivity contribution in [3.05, 3.63) is 39.6 Å². The van der Waals surface area contributed by atoms with Crippen LogP contribution in [-0.2, 0) is 0 Å². The van der Waals surface area contributed by atoms with Crippen molar-refractivity contribution in [2.75, 3.05) is 5.32 Å². The second-order valence-corrected chi connectivity index (χ2v) is 4.82. The zero-order chi connectivity index (χ0) is 12.4. The van der Waals surface area contributed by atoms with E-state index in [1.807, 2.05) is 0 Å². The highest BCUT2D eigenvalue weighted by Crippen LogP contribution is 2.18. The van der Waals surface area contributed by atoms with Crippen molar-refractivity contribution in [2.24, 2.45) is 0 Å². The monoisotopic (exact) mass is 271 g/mol. The molecule has 1 aromatic heterocycles. The van der Waals surface area contributed by atoms with Crippen LogP contribution in [0.25, 0.3) is 0 Å². The Morgan fingerprint density at radius 2 is 2.24 bits per heavy atom. The SMILES string of the molecule is Cc1nnc(NC(=O)c2cc(Cl)ccc2F)s1. The van der Waals surface area contributed by atoms with E-state index in [0.717, 1.165) is 6.07 Å². The molecule has 0 radical (unpaired) electrons. The van der Waals surface area contributed by atoms with Crippen LogP contribution in [0.2, 0.25) is 5.02 Å². The number of hydrogen-bond donors (Lipinski definition) is 1. The van der Waals surface area contributed by atoms with Gasteiger partial charge in [0.25, 0.3) is 5.91 Å². The summed E-state index contributed by atoms with van der Waals surface area (Å²) in [7, 11) is 0. The summed E-state index contributed by atoms with van der Waals surface area (Å²) < 4.78 is 13.4. The van der Waals surface area contributed by atoms with Gasteiger partial charge in [0.2, 0.25) is 5.13 Å². The zero-order valence-corrected chi connectivity index (χ0v) is 10.3. The van der Waals surface area contributed by atoms with Crippen molar-refractivity contribution in [3.8, 4) is 0 Å². The third kappa shape index (κ3) is 2.78. The number of hydrogen-bond acceptors (Lipinski definition) is 4. The van der Waals surface area contributed by atoms with E-state index in [9.17, 15) is 9.18 Å². The Balaban J connectivity index is 2.22. The Labute approximate surface area is 105 Å². The highest BCUT2D eigenvalue weighted by molar-refractivity contribution is 7.15. The molecular weight excluding hydrogens is 265 g/mol. The second-order valence-electron chi connectivity index (χ2n) is 3.20. The molecule has 0 bridgehead atoms. The lowest BCUT2D eigenvalue weighted by Gasteiger charge is -2.02. The van der Waals surface area contributed by atoms with Gasteiger partial charge in [0.05, 0.1) is 5.56 Å². The van der Waals surface area contributed by atoms with Crippen LogP contribution in [-0.4, -0.2) is 16.1 Å². The van der Waals surface area contributed by atoms with Gasteiger partial charge in [-0.05, 0) is 25.1 Å². The summed E-state index contributed by atoms with van der Waals surface area (Å²) in [6, 6.07) is 3.78. The Morgan fingerprint density at radius 1 is 1.47 bits per heavy atom. The number of nitrogens with one attached hydrogen (secondary N) is 1. The Morgan fingerprint density at radius 3 is 2.88 bits per heavy atom. The van der Waals surface area contributed by atoms with E-state index in [4.69, 9.17) is 11.6 Å². The molecule has 2 rings (SSSR count). The van der Waals surface area contributed by atoms with Gasteiger partial charge >= 0.3 is 0 Å². The molecule has 2 aromatic rings. The summed E-state index contributed by atoms with van der Waals surface area (Å²) in [6.07, 6.45) is 0. The quantitative estimate of drug-likeness (QED) is 0.914. The minimum atomic E-state index is -0.631. The molecule has 4 nitrogen and oxygen atoms in total. The van der Waals surface area contributed by atoms with Crippen molar-refractivity contribution in [3.63, 3.8) is 0 Å². The molecule has 1 aromatic carbocycles. The third-order valence-corrected chi connectivity index (χ3v) is 2.91. The molecule has 1 heterocycles. The van der Waals surface area contributed by atoms with Crippen LogP contribution in [0.1, 0.15) is 15.4 Å². The van der Waals surface area contributed by atoms with Crippen molar-refractivity contribution >= 4 is 34.0 Å². The first-order valence-electron chi connectivity index (χ1n) is 4.63. The number of halogens is 2. The number of aromatic nitrogens is 2. The number of aryl methyl sites for hydroxylation is 1. The minimum Gasteiger partial charge on any atom is -0.296 e. The number of benzene rings is 1. The molecule has 0 spiro atoms. The maximum Gasteiger partial charge on any atom is 0.260 e. The number of nitrogens with zero attached hydrogens (tertiary/aromatic N) is 2. The second kappa shape index (κ2) is 4.77. The molecule has 1 amide bonds. The van der Waals surface area contributed by atoms with Gasteiger partial charge in [-0.15, -0.1) is 10.2 Å². The number of carbonyl (C=O) groups is 1. The fraction of sp³-hybridized carbons (Fsp3) is 0.100. The van der Waals surface area contributed by atoms with Gasteiger partial charge in [0.1, 0.15) is 10.8 Å². The molecular formula is C10H7ClFN3OS. The summed E-state index contributed by atoms with van der Waals surface area (Å²) >= 11 is 6.91. The van der Waals surface area contributed by atoms with Gasteiger partial charge in [-0.3, -0.25) is 10.1 Å². The predicted molar refractivity (Wildman–Crippen MR) is 64.0 cm³/mol. The van der Waals surface area contributed by atoms with E-state index in [-0.39, 0.29) is 5.56 Å². The Hall–Kier alpha value is -1.53. The lowest BCUT2D eigenvalue weighted by atomic mass is 10.2. The average molecular weight is 272 g/mol. The van der Waals surface area contributed by atoms with Gasteiger partial charge in [-0.2, -0.15) is 0 Å². The molecule has 0 unspecified atom stereocenters. The molecule has 0 saturated carbocycles. The molecule has 17 heavy (non-hydrogen) atoms. The topological polar surface area (TPSA) is 54.9 Å². The molecule has 0 aliphatic carbocycles. The number of anilines is 1. The molecule has 0 fully saturated rings. The molecule has 0 saturated heterocycles. The maximum absolute atomic E-state index is 13.4. The standard InChI is InChI=1S/C10H7ClFN3OS/c1-5-14-15-10(17-5)13-9(16)7-4-6(11)2-3-8(7)12/h2-4H,1H3,(H,13,15,16). The summed E-state index contributed by atoms with van der Waals surface area (Å²) in [4.78, 5) is 11.7. The lowest BCUT2D eigenvalue weighted by Crippen LogP contribution is -2.13. The van der Waals surface area contributed by atoms with E-state index < -0.39 is 11.7 Å². The molecule has 88 valence electrons. The molecule has 0 atom stereocenters. The zero-order valence-electron chi connectivity index (χ0n) is 8.70. The van der Waals surface area contributed by atoms with Crippen LogP contribution in [0.4, 0.5) is 9.52 Å².